The Kier molecular flexibility index (Phi) is 4.42. The van der Waals surface area contributed by atoms with Crippen LogP contribution >= 0.6 is 0 Å². The first kappa shape index (κ1) is 14.6. The molecule has 1 fully saturated rings. The molecule has 1 saturated carbocycles. The summed E-state index contributed by atoms with van der Waals surface area (Å²) >= 11 is 0. The smallest absolute Gasteiger partial charge is 0.311 e. The van der Waals surface area contributed by atoms with Crippen molar-refractivity contribution >= 4 is 11.9 Å². The summed E-state index contributed by atoms with van der Waals surface area (Å²) in [5, 5.41) is 12.2. The third-order valence-corrected chi connectivity index (χ3v) is 4.25. The van der Waals surface area contributed by atoms with Gasteiger partial charge in [0.1, 0.15) is 0 Å². The summed E-state index contributed by atoms with van der Waals surface area (Å²) in [6, 6.07) is 7.75. The predicted octanol–water partition coefficient (Wildman–Crippen LogP) is 2.30. The Balaban J connectivity index is 1.92. The van der Waals surface area contributed by atoms with Gasteiger partial charge in [-0.15, -0.1) is 0 Å². The summed E-state index contributed by atoms with van der Waals surface area (Å²) in [6.07, 6.45) is 3.49. The SMILES string of the molecule is Cc1ccccc1CC(=O)NCC1(C(=O)O)CCCC1. The van der Waals surface area contributed by atoms with Gasteiger partial charge in [-0.2, -0.15) is 0 Å². The van der Waals surface area contributed by atoms with Crippen molar-refractivity contribution in [2.24, 2.45) is 5.41 Å². The number of carbonyl (C=O) groups excluding carboxylic acids is 1. The zero-order valence-corrected chi connectivity index (χ0v) is 11.8. The van der Waals surface area contributed by atoms with E-state index in [1.54, 1.807) is 0 Å². The standard InChI is InChI=1S/C16H21NO3/c1-12-6-2-3-7-13(12)10-14(18)17-11-16(15(19)20)8-4-5-9-16/h2-3,6-7H,4-5,8-11H2,1H3,(H,17,18)(H,19,20). The highest BCUT2D eigenvalue weighted by Gasteiger charge is 2.41. The first-order valence-corrected chi connectivity index (χ1v) is 7.08. The maximum Gasteiger partial charge on any atom is 0.311 e. The molecule has 0 unspecified atom stereocenters. The van der Waals surface area contributed by atoms with Crippen LogP contribution < -0.4 is 5.32 Å². The lowest BCUT2D eigenvalue weighted by Crippen LogP contribution is -2.41. The van der Waals surface area contributed by atoms with Gasteiger partial charge in [-0.05, 0) is 30.9 Å². The molecule has 0 bridgehead atoms. The van der Waals surface area contributed by atoms with Gasteiger partial charge in [-0.25, -0.2) is 0 Å². The molecule has 0 radical (unpaired) electrons. The molecule has 20 heavy (non-hydrogen) atoms. The van der Waals surface area contributed by atoms with Crippen molar-refractivity contribution in [1.82, 2.24) is 5.32 Å². The van der Waals surface area contributed by atoms with Crippen LogP contribution in [0.2, 0.25) is 0 Å². The lowest BCUT2D eigenvalue weighted by molar-refractivity contribution is -0.148. The Bertz CT molecular complexity index is 504. The van der Waals surface area contributed by atoms with Crippen LogP contribution in [0.4, 0.5) is 0 Å². The zero-order valence-electron chi connectivity index (χ0n) is 11.8. The maximum absolute atomic E-state index is 12.0. The zero-order chi connectivity index (χ0) is 14.6. The fourth-order valence-electron chi connectivity index (χ4n) is 2.83. The average molecular weight is 275 g/mol. The molecule has 4 heteroatoms. The third-order valence-electron chi connectivity index (χ3n) is 4.25. The Morgan fingerprint density at radius 2 is 1.90 bits per heavy atom. The van der Waals surface area contributed by atoms with Crippen LogP contribution in [-0.2, 0) is 16.0 Å². The lowest BCUT2D eigenvalue weighted by atomic mass is 9.86. The Hall–Kier alpha value is -1.84. The molecule has 4 nitrogen and oxygen atoms in total. The van der Waals surface area contributed by atoms with E-state index in [1.807, 2.05) is 31.2 Å². The lowest BCUT2D eigenvalue weighted by Gasteiger charge is -2.24. The number of carboxylic acids is 1. The first-order valence-electron chi connectivity index (χ1n) is 7.08. The molecule has 108 valence electrons. The van der Waals surface area contributed by atoms with E-state index in [0.29, 0.717) is 19.3 Å². The normalized spacial score (nSPS) is 16.9. The molecular weight excluding hydrogens is 254 g/mol. The van der Waals surface area contributed by atoms with Gasteiger partial charge in [0.25, 0.3) is 0 Å². The number of hydrogen-bond donors (Lipinski definition) is 2. The summed E-state index contributed by atoms with van der Waals surface area (Å²) in [5.41, 5.74) is 1.32. The van der Waals surface area contributed by atoms with Gasteiger partial charge in [0, 0.05) is 6.54 Å². The number of aryl methyl sites for hydroxylation is 1. The minimum atomic E-state index is -0.786. The quantitative estimate of drug-likeness (QED) is 0.866. The average Bonchev–Trinajstić information content (AvgIpc) is 2.89. The molecule has 0 saturated heterocycles. The van der Waals surface area contributed by atoms with Gasteiger partial charge in [-0.1, -0.05) is 37.1 Å². The van der Waals surface area contributed by atoms with Crippen molar-refractivity contribution in [3.63, 3.8) is 0 Å². The van der Waals surface area contributed by atoms with Crippen LogP contribution in [0.5, 0.6) is 0 Å². The van der Waals surface area contributed by atoms with E-state index in [2.05, 4.69) is 5.32 Å². The summed E-state index contributed by atoms with van der Waals surface area (Å²) < 4.78 is 0. The molecule has 2 rings (SSSR count). The second-order valence-electron chi connectivity index (χ2n) is 5.67. The minimum Gasteiger partial charge on any atom is -0.481 e. The van der Waals surface area contributed by atoms with Crippen LogP contribution in [0.1, 0.15) is 36.8 Å². The molecule has 0 aromatic heterocycles. The van der Waals surface area contributed by atoms with Crippen molar-refractivity contribution in [3.05, 3.63) is 35.4 Å². The van der Waals surface area contributed by atoms with Crippen molar-refractivity contribution in [2.75, 3.05) is 6.54 Å². The van der Waals surface area contributed by atoms with Gasteiger partial charge < -0.3 is 10.4 Å². The number of benzene rings is 1. The van der Waals surface area contributed by atoms with Crippen molar-refractivity contribution in [2.45, 2.75) is 39.0 Å². The molecule has 1 aromatic rings. The monoisotopic (exact) mass is 275 g/mol. The van der Waals surface area contributed by atoms with Crippen molar-refractivity contribution in [1.29, 1.82) is 0 Å². The minimum absolute atomic E-state index is 0.105. The van der Waals surface area contributed by atoms with E-state index < -0.39 is 11.4 Å². The summed E-state index contributed by atoms with van der Waals surface area (Å²) in [4.78, 5) is 23.4. The molecule has 1 aromatic carbocycles. The van der Waals surface area contributed by atoms with Crippen molar-refractivity contribution < 1.29 is 14.7 Å². The van der Waals surface area contributed by atoms with E-state index in [9.17, 15) is 14.7 Å². The Morgan fingerprint density at radius 1 is 1.25 bits per heavy atom. The van der Waals surface area contributed by atoms with E-state index >= 15 is 0 Å². The molecule has 1 aliphatic rings. The number of rotatable bonds is 5. The molecule has 0 atom stereocenters. The molecule has 0 spiro atoms. The van der Waals surface area contributed by atoms with E-state index in [1.165, 1.54) is 0 Å². The Labute approximate surface area is 119 Å². The number of amides is 1. The summed E-state index contributed by atoms with van der Waals surface area (Å²) in [5.74, 6) is -0.891. The number of nitrogens with one attached hydrogen (secondary N) is 1. The van der Waals surface area contributed by atoms with E-state index in [0.717, 1.165) is 24.0 Å². The van der Waals surface area contributed by atoms with Crippen LogP contribution in [-0.4, -0.2) is 23.5 Å². The van der Waals surface area contributed by atoms with Crippen LogP contribution in [0, 0.1) is 12.3 Å². The van der Waals surface area contributed by atoms with Crippen LogP contribution in [0.25, 0.3) is 0 Å². The number of carbonyl (C=O) groups is 2. The first-order chi connectivity index (χ1) is 9.53. The van der Waals surface area contributed by atoms with Crippen molar-refractivity contribution in [3.8, 4) is 0 Å². The molecule has 0 aliphatic heterocycles. The predicted molar refractivity (Wildman–Crippen MR) is 76.4 cm³/mol. The molecule has 2 N–H and O–H groups in total. The van der Waals surface area contributed by atoms with Crippen LogP contribution in [0.15, 0.2) is 24.3 Å². The Morgan fingerprint density at radius 3 is 2.50 bits per heavy atom. The second kappa shape index (κ2) is 6.07. The summed E-state index contributed by atoms with van der Waals surface area (Å²) in [6.45, 7) is 2.21. The third kappa shape index (κ3) is 3.18. The highest BCUT2D eigenvalue weighted by molar-refractivity contribution is 5.81. The fourth-order valence-corrected chi connectivity index (χ4v) is 2.83. The van der Waals surface area contributed by atoms with E-state index in [4.69, 9.17) is 0 Å². The highest BCUT2D eigenvalue weighted by atomic mass is 16.4. The van der Waals surface area contributed by atoms with Gasteiger partial charge in [0.15, 0.2) is 0 Å². The number of aliphatic carboxylic acids is 1. The van der Waals surface area contributed by atoms with Gasteiger partial charge >= 0.3 is 5.97 Å². The van der Waals surface area contributed by atoms with Gasteiger partial charge in [0.05, 0.1) is 11.8 Å². The fraction of sp³-hybridized carbons (Fsp3) is 0.500. The van der Waals surface area contributed by atoms with E-state index in [-0.39, 0.29) is 12.5 Å². The highest BCUT2D eigenvalue weighted by Crippen LogP contribution is 2.37. The summed E-state index contributed by atoms with van der Waals surface area (Å²) in [7, 11) is 0. The molecule has 1 amide bonds. The molecule has 0 heterocycles. The van der Waals surface area contributed by atoms with Gasteiger partial charge in [-0.3, -0.25) is 9.59 Å². The van der Waals surface area contributed by atoms with Crippen LogP contribution in [0.3, 0.4) is 0 Å². The molecule has 1 aliphatic carbocycles. The largest absolute Gasteiger partial charge is 0.481 e. The number of hydrogen-bond acceptors (Lipinski definition) is 2. The second-order valence-corrected chi connectivity index (χ2v) is 5.67. The van der Waals surface area contributed by atoms with Gasteiger partial charge in [0.2, 0.25) is 5.91 Å². The number of carboxylic acid groups (broad SMARTS) is 1. The molecular formula is C16H21NO3. The maximum atomic E-state index is 12.0. The topological polar surface area (TPSA) is 66.4 Å².